The number of nitrogens with one attached hydrogen (secondary N) is 1. The Bertz CT molecular complexity index is 239. The van der Waals surface area contributed by atoms with Gasteiger partial charge in [-0.2, -0.15) is 5.26 Å². The maximum Gasteiger partial charge on any atom is 0.178 e. The minimum Gasteiger partial charge on any atom is -0.367 e. The molecule has 3 nitrogen and oxygen atoms in total. The van der Waals surface area contributed by atoms with E-state index in [4.69, 9.17) is 10.4 Å². The third-order valence-corrected chi connectivity index (χ3v) is 1.08. The van der Waals surface area contributed by atoms with Crippen molar-refractivity contribution in [2.24, 2.45) is 0 Å². The number of nitriles is 1. The Morgan fingerprint density at radius 3 is 2.90 bits per heavy atom. The predicted molar refractivity (Wildman–Crippen MR) is 32.0 cm³/mol. The average molecular weight is 140 g/mol. The molecule has 1 atom stereocenters. The average Bonchev–Trinajstić information content (AvgIpc) is 1.95. The molecule has 1 unspecified atom stereocenters. The Hall–Kier alpha value is -1.34. The van der Waals surface area contributed by atoms with E-state index in [1.165, 1.54) is 6.08 Å². The van der Waals surface area contributed by atoms with Gasteiger partial charge in [-0.3, -0.25) is 0 Å². The molecule has 0 saturated carbocycles. The Morgan fingerprint density at radius 1 is 1.70 bits per heavy atom. The van der Waals surface area contributed by atoms with E-state index in [9.17, 15) is 4.39 Å². The van der Waals surface area contributed by atoms with Crippen LogP contribution in [0, 0.1) is 11.3 Å². The van der Waals surface area contributed by atoms with E-state index in [1.807, 2.05) is 0 Å². The largest absolute Gasteiger partial charge is 0.367 e. The summed E-state index contributed by atoms with van der Waals surface area (Å²) in [6, 6.07) is 1.73. The maximum atomic E-state index is 12.3. The minimum atomic E-state index is -1.36. The molecule has 0 amide bonds. The highest BCUT2D eigenvalue weighted by molar-refractivity contribution is 5.30. The van der Waals surface area contributed by atoms with Crippen LogP contribution in [-0.2, 0) is 0 Å². The van der Waals surface area contributed by atoms with Crippen LogP contribution in [0.5, 0.6) is 0 Å². The molecular weight excluding hydrogens is 135 g/mol. The number of allylic oxidation sites excluding steroid dienone is 3. The summed E-state index contributed by atoms with van der Waals surface area (Å²) in [6.45, 7) is 0. The first-order valence-electron chi connectivity index (χ1n) is 2.66. The van der Waals surface area contributed by atoms with Crippen molar-refractivity contribution in [3.8, 4) is 6.07 Å². The Balaban J connectivity index is 2.81. The van der Waals surface area contributed by atoms with E-state index in [2.05, 4.69) is 5.32 Å². The van der Waals surface area contributed by atoms with Crippen LogP contribution in [0.1, 0.15) is 0 Å². The fraction of sp³-hybridized carbons (Fsp3) is 0.167. The molecule has 1 rings (SSSR count). The van der Waals surface area contributed by atoms with Gasteiger partial charge in [0.1, 0.15) is 17.6 Å². The van der Waals surface area contributed by atoms with E-state index in [-0.39, 0.29) is 5.70 Å². The summed E-state index contributed by atoms with van der Waals surface area (Å²) >= 11 is 0. The van der Waals surface area contributed by atoms with Gasteiger partial charge in [-0.25, -0.2) is 4.39 Å². The lowest BCUT2D eigenvalue weighted by molar-refractivity contribution is 0.158. The van der Waals surface area contributed by atoms with Gasteiger partial charge in [0.25, 0.3) is 0 Å². The Labute approximate surface area is 57.1 Å². The van der Waals surface area contributed by atoms with Gasteiger partial charge < -0.3 is 10.4 Å². The second kappa shape index (κ2) is 2.50. The van der Waals surface area contributed by atoms with Crippen molar-refractivity contribution in [1.29, 1.82) is 5.26 Å². The number of halogens is 1. The van der Waals surface area contributed by atoms with Gasteiger partial charge in [-0.15, -0.1) is 0 Å². The van der Waals surface area contributed by atoms with Crippen LogP contribution >= 0.6 is 0 Å². The molecule has 0 aromatic rings. The molecule has 0 aromatic heterocycles. The second-order valence-corrected chi connectivity index (χ2v) is 1.79. The zero-order valence-electron chi connectivity index (χ0n) is 5.00. The molecule has 1 aliphatic heterocycles. The third-order valence-electron chi connectivity index (χ3n) is 1.08. The Kier molecular flexibility index (Phi) is 1.69. The maximum absolute atomic E-state index is 12.3. The number of nitrogens with zero attached hydrogens (tertiary/aromatic N) is 1. The van der Waals surface area contributed by atoms with E-state index in [1.54, 1.807) is 6.07 Å². The molecule has 0 fully saturated rings. The van der Waals surface area contributed by atoms with Crippen LogP contribution in [0.25, 0.3) is 0 Å². The molecule has 0 radical (unpaired) electrons. The second-order valence-electron chi connectivity index (χ2n) is 1.79. The van der Waals surface area contributed by atoms with Crippen molar-refractivity contribution in [2.75, 3.05) is 0 Å². The lowest BCUT2D eigenvalue weighted by Crippen LogP contribution is -2.30. The van der Waals surface area contributed by atoms with Crippen molar-refractivity contribution in [3.63, 3.8) is 0 Å². The fourth-order valence-corrected chi connectivity index (χ4v) is 0.588. The van der Waals surface area contributed by atoms with Gasteiger partial charge in [0.05, 0.1) is 0 Å². The van der Waals surface area contributed by atoms with Gasteiger partial charge in [-0.1, -0.05) is 0 Å². The molecule has 0 spiro atoms. The molecule has 4 heteroatoms. The van der Waals surface area contributed by atoms with E-state index < -0.39 is 12.1 Å². The van der Waals surface area contributed by atoms with Crippen LogP contribution < -0.4 is 5.32 Å². The van der Waals surface area contributed by atoms with Crippen molar-refractivity contribution < 1.29 is 9.50 Å². The lowest BCUT2D eigenvalue weighted by atomic mass is 10.3. The quantitative estimate of drug-likeness (QED) is 0.504. The zero-order valence-corrected chi connectivity index (χ0v) is 5.00. The van der Waals surface area contributed by atoms with Crippen LogP contribution in [0.4, 0.5) is 4.39 Å². The third kappa shape index (κ3) is 1.14. The first kappa shape index (κ1) is 6.78. The molecular formula is C6H5FN2O. The van der Waals surface area contributed by atoms with Crippen LogP contribution in [0.15, 0.2) is 23.7 Å². The lowest BCUT2D eigenvalue weighted by Gasteiger charge is -2.13. The minimum absolute atomic E-state index is 0.161. The highest BCUT2D eigenvalue weighted by Gasteiger charge is 2.13. The molecule has 1 aliphatic rings. The standard InChI is InChI=1S/C6H5FN2O/c7-5-2-1-4(3-8)9-6(5)10/h1-2,6,9-10H. The summed E-state index contributed by atoms with van der Waals surface area (Å²) in [5, 5.41) is 19.2. The zero-order chi connectivity index (χ0) is 7.56. The topological polar surface area (TPSA) is 56.0 Å². The highest BCUT2D eigenvalue weighted by atomic mass is 19.1. The van der Waals surface area contributed by atoms with Crippen LogP contribution in [0.3, 0.4) is 0 Å². The van der Waals surface area contributed by atoms with Gasteiger partial charge in [0, 0.05) is 0 Å². The van der Waals surface area contributed by atoms with Crippen molar-refractivity contribution in [3.05, 3.63) is 23.7 Å². The predicted octanol–water partition coefficient (Wildman–Crippen LogP) is 0.169. The first-order valence-corrected chi connectivity index (χ1v) is 2.66. The van der Waals surface area contributed by atoms with E-state index >= 15 is 0 Å². The number of rotatable bonds is 0. The van der Waals surface area contributed by atoms with Crippen molar-refractivity contribution in [2.45, 2.75) is 6.23 Å². The summed E-state index contributed by atoms with van der Waals surface area (Å²) in [5.41, 5.74) is 0.161. The number of dihydropyridines is 1. The summed E-state index contributed by atoms with van der Waals surface area (Å²) < 4.78 is 12.3. The molecule has 0 bridgehead atoms. The van der Waals surface area contributed by atoms with Gasteiger partial charge in [0.2, 0.25) is 0 Å². The summed E-state index contributed by atoms with van der Waals surface area (Å²) in [6.07, 6.45) is 0.960. The van der Waals surface area contributed by atoms with Gasteiger partial charge >= 0.3 is 0 Å². The van der Waals surface area contributed by atoms with Crippen molar-refractivity contribution >= 4 is 0 Å². The Morgan fingerprint density at radius 2 is 2.40 bits per heavy atom. The highest BCUT2D eigenvalue weighted by Crippen LogP contribution is 2.08. The molecule has 1 heterocycles. The van der Waals surface area contributed by atoms with Crippen LogP contribution in [0.2, 0.25) is 0 Å². The molecule has 0 aliphatic carbocycles. The fourth-order valence-electron chi connectivity index (χ4n) is 0.588. The number of hydrogen-bond acceptors (Lipinski definition) is 3. The normalized spacial score (nSPS) is 23.9. The smallest absolute Gasteiger partial charge is 0.178 e. The molecule has 0 saturated heterocycles. The van der Waals surface area contributed by atoms with E-state index in [0.29, 0.717) is 0 Å². The molecule has 0 aromatic carbocycles. The van der Waals surface area contributed by atoms with Gasteiger partial charge in [0.15, 0.2) is 6.23 Å². The molecule has 52 valence electrons. The van der Waals surface area contributed by atoms with Crippen LogP contribution in [-0.4, -0.2) is 11.3 Å². The number of hydrogen-bond donors (Lipinski definition) is 2. The summed E-state index contributed by atoms with van der Waals surface area (Å²) in [4.78, 5) is 0. The molecule has 10 heavy (non-hydrogen) atoms. The van der Waals surface area contributed by atoms with Crippen molar-refractivity contribution in [1.82, 2.24) is 5.32 Å². The monoisotopic (exact) mass is 140 g/mol. The summed E-state index contributed by atoms with van der Waals surface area (Å²) in [5.74, 6) is -0.681. The molecule has 2 N–H and O–H groups in total. The van der Waals surface area contributed by atoms with E-state index in [0.717, 1.165) is 6.08 Å². The van der Waals surface area contributed by atoms with Gasteiger partial charge in [-0.05, 0) is 12.2 Å². The number of aliphatic hydroxyl groups excluding tert-OH is 1. The number of aliphatic hydroxyl groups is 1. The first-order chi connectivity index (χ1) is 4.74. The summed E-state index contributed by atoms with van der Waals surface area (Å²) in [7, 11) is 0. The SMILES string of the molecule is N#CC1=CC=C(F)C(O)N1.